The lowest BCUT2D eigenvalue weighted by atomic mass is 10.1. The highest BCUT2D eigenvalue weighted by Crippen LogP contribution is 2.39. The van der Waals surface area contributed by atoms with Crippen molar-refractivity contribution in [3.63, 3.8) is 0 Å². The summed E-state index contributed by atoms with van der Waals surface area (Å²) in [6.45, 7) is 2.87. The van der Waals surface area contributed by atoms with Crippen LogP contribution in [0.15, 0.2) is 36.4 Å². The number of hydrogen-bond acceptors (Lipinski definition) is 7. The molecule has 0 atom stereocenters. The van der Waals surface area contributed by atoms with Crippen LogP contribution in [0, 0.1) is 0 Å². The summed E-state index contributed by atoms with van der Waals surface area (Å²) in [5, 5.41) is 0. The number of anilines is 1. The zero-order valence-corrected chi connectivity index (χ0v) is 20.0. The van der Waals surface area contributed by atoms with Crippen molar-refractivity contribution >= 4 is 23.4 Å². The number of carbonyl (C=O) groups excluding carboxylic acids is 3. The van der Waals surface area contributed by atoms with Gasteiger partial charge in [0, 0.05) is 44.0 Å². The Kier molecular flexibility index (Phi) is 7.40. The van der Waals surface area contributed by atoms with Gasteiger partial charge in [-0.2, -0.15) is 0 Å². The lowest BCUT2D eigenvalue weighted by Crippen LogP contribution is -2.51. The Labute approximate surface area is 204 Å². The number of para-hydroxylation sites is 1. The van der Waals surface area contributed by atoms with E-state index in [0.29, 0.717) is 44.8 Å². The fraction of sp³-hybridized carbons (Fsp3) is 0.400. The SMILES string of the molecule is COc1cc(C(=O)N2CCN(CC(=O)N3CCc4ccccc43)CC2)cc(OC)c1OCC(N)=O. The second kappa shape index (κ2) is 10.6. The molecule has 4 rings (SSSR count). The minimum Gasteiger partial charge on any atom is -0.493 e. The number of piperazine rings is 1. The van der Waals surface area contributed by atoms with Crippen LogP contribution in [-0.2, 0) is 16.0 Å². The van der Waals surface area contributed by atoms with Gasteiger partial charge in [-0.25, -0.2) is 0 Å². The third-order valence-electron chi connectivity index (χ3n) is 6.27. The average molecular weight is 483 g/mol. The molecular weight excluding hydrogens is 452 g/mol. The van der Waals surface area contributed by atoms with Gasteiger partial charge in [0.25, 0.3) is 11.8 Å². The van der Waals surface area contributed by atoms with Crippen molar-refractivity contribution in [1.29, 1.82) is 0 Å². The normalized spacial score (nSPS) is 15.5. The standard InChI is InChI=1S/C25H30N4O6/c1-33-20-13-18(14-21(34-2)24(20)35-16-22(26)30)25(32)28-11-9-27(10-12-28)15-23(31)29-8-7-17-5-3-4-6-19(17)29/h3-6,13-14H,7-12,15-16H2,1-2H3,(H2,26,30). The predicted molar refractivity (Wildman–Crippen MR) is 129 cm³/mol. The van der Waals surface area contributed by atoms with E-state index in [9.17, 15) is 14.4 Å². The Morgan fingerprint density at radius 1 is 0.943 bits per heavy atom. The van der Waals surface area contributed by atoms with Crippen molar-refractivity contribution in [2.45, 2.75) is 6.42 Å². The van der Waals surface area contributed by atoms with Crippen LogP contribution in [0.1, 0.15) is 15.9 Å². The van der Waals surface area contributed by atoms with E-state index < -0.39 is 5.91 Å². The number of nitrogens with zero attached hydrogens (tertiary/aromatic N) is 3. The molecule has 0 aromatic heterocycles. The van der Waals surface area contributed by atoms with Crippen molar-refractivity contribution in [1.82, 2.24) is 9.80 Å². The molecule has 3 amide bonds. The van der Waals surface area contributed by atoms with Crippen molar-refractivity contribution < 1.29 is 28.6 Å². The van der Waals surface area contributed by atoms with E-state index in [1.807, 2.05) is 23.1 Å². The maximum Gasteiger partial charge on any atom is 0.255 e. The molecule has 10 heteroatoms. The quantitative estimate of drug-likeness (QED) is 0.595. The Bertz CT molecular complexity index is 1090. The summed E-state index contributed by atoms with van der Waals surface area (Å²) >= 11 is 0. The molecule has 35 heavy (non-hydrogen) atoms. The summed E-state index contributed by atoms with van der Waals surface area (Å²) in [5.41, 5.74) is 7.74. The van der Waals surface area contributed by atoms with Crippen molar-refractivity contribution in [3.05, 3.63) is 47.5 Å². The first-order valence-electron chi connectivity index (χ1n) is 11.5. The van der Waals surface area contributed by atoms with Crippen molar-refractivity contribution in [2.24, 2.45) is 5.73 Å². The van der Waals surface area contributed by atoms with E-state index in [-0.39, 0.29) is 35.7 Å². The molecule has 1 fully saturated rings. The molecular formula is C25H30N4O6. The molecule has 0 bridgehead atoms. The summed E-state index contributed by atoms with van der Waals surface area (Å²) < 4.78 is 16.1. The molecule has 0 radical (unpaired) electrons. The molecule has 0 unspecified atom stereocenters. The average Bonchev–Trinajstić information content (AvgIpc) is 3.31. The number of fused-ring (bicyclic) bond motifs is 1. The van der Waals surface area contributed by atoms with Crippen LogP contribution in [0.2, 0.25) is 0 Å². The lowest BCUT2D eigenvalue weighted by Gasteiger charge is -2.35. The van der Waals surface area contributed by atoms with Crippen LogP contribution < -0.4 is 24.8 Å². The predicted octanol–water partition coefficient (Wildman–Crippen LogP) is 0.915. The Hall–Kier alpha value is -3.79. The first kappa shape index (κ1) is 24.3. The number of methoxy groups -OCH3 is 2. The van der Waals surface area contributed by atoms with E-state index >= 15 is 0 Å². The maximum absolute atomic E-state index is 13.2. The fourth-order valence-corrected chi connectivity index (χ4v) is 4.45. The van der Waals surface area contributed by atoms with Crippen LogP contribution in [-0.4, -0.2) is 87.6 Å². The molecule has 0 spiro atoms. The minimum absolute atomic E-state index is 0.0794. The van der Waals surface area contributed by atoms with Crippen LogP contribution >= 0.6 is 0 Å². The molecule has 2 heterocycles. The molecule has 0 aliphatic carbocycles. The number of nitrogens with two attached hydrogens (primary N) is 1. The number of carbonyl (C=O) groups is 3. The summed E-state index contributed by atoms with van der Waals surface area (Å²) in [6.07, 6.45) is 0.878. The zero-order valence-electron chi connectivity index (χ0n) is 20.0. The molecule has 186 valence electrons. The molecule has 2 aromatic carbocycles. The van der Waals surface area contributed by atoms with Gasteiger partial charge in [-0.05, 0) is 30.2 Å². The first-order valence-corrected chi connectivity index (χ1v) is 11.5. The number of primary amides is 1. The lowest BCUT2D eigenvalue weighted by molar-refractivity contribution is -0.120. The number of hydrogen-bond donors (Lipinski definition) is 1. The summed E-state index contributed by atoms with van der Waals surface area (Å²) in [4.78, 5) is 42.9. The van der Waals surface area contributed by atoms with Crippen LogP contribution in [0.5, 0.6) is 17.2 Å². The third kappa shape index (κ3) is 5.32. The Morgan fingerprint density at radius 2 is 1.60 bits per heavy atom. The van der Waals surface area contributed by atoms with Gasteiger partial charge in [0.1, 0.15) is 0 Å². The van der Waals surface area contributed by atoms with Crippen LogP contribution in [0.3, 0.4) is 0 Å². The zero-order chi connectivity index (χ0) is 24.9. The van der Waals surface area contributed by atoms with E-state index in [2.05, 4.69) is 11.0 Å². The smallest absolute Gasteiger partial charge is 0.255 e. The first-order chi connectivity index (χ1) is 16.9. The van der Waals surface area contributed by atoms with Crippen molar-refractivity contribution in [3.8, 4) is 17.2 Å². The van der Waals surface area contributed by atoms with Gasteiger partial charge in [0.2, 0.25) is 11.7 Å². The highest BCUT2D eigenvalue weighted by Gasteiger charge is 2.29. The van der Waals surface area contributed by atoms with Gasteiger partial charge in [0.05, 0.1) is 20.8 Å². The second-order valence-corrected chi connectivity index (χ2v) is 8.46. The van der Waals surface area contributed by atoms with E-state index in [1.165, 1.54) is 19.8 Å². The van der Waals surface area contributed by atoms with Crippen LogP contribution in [0.25, 0.3) is 0 Å². The highest BCUT2D eigenvalue weighted by molar-refractivity contribution is 5.97. The second-order valence-electron chi connectivity index (χ2n) is 8.46. The van der Waals surface area contributed by atoms with Gasteiger partial charge in [-0.15, -0.1) is 0 Å². The number of rotatable bonds is 8. The summed E-state index contributed by atoms with van der Waals surface area (Å²) in [5.74, 6) is 0.00289. The molecule has 1 saturated heterocycles. The van der Waals surface area contributed by atoms with Gasteiger partial charge in [-0.1, -0.05) is 18.2 Å². The maximum atomic E-state index is 13.2. The minimum atomic E-state index is -0.639. The number of benzene rings is 2. The molecule has 2 aliphatic rings. The molecule has 0 saturated carbocycles. The van der Waals surface area contributed by atoms with Gasteiger partial charge >= 0.3 is 0 Å². The number of amides is 3. The topological polar surface area (TPSA) is 115 Å². The van der Waals surface area contributed by atoms with Gasteiger partial charge in [0.15, 0.2) is 18.1 Å². The highest BCUT2D eigenvalue weighted by atomic mass is 16.5. The van der Waals surface area contributed by atoms with Gasteiger partial charge in [-0.3, -0.25) is 19.3 Å². The van der Waals surface area contributed by atoms with E-state index in [4.69, 9.17) is 19.9 Å². The summed E-state index contributed by atoms with van der Waals surface area (Å²) in [7, 11) is 2.88. The van der Waals surface area contributed by atoms with E-state index in [1.54, 1.807) is 17.0 Å². The summed E-state index contributed by atoms with van der Waals surface area (Å²) in [6, 6.07) is 11.1. The van der Waals surface area contributed by atoms with E-state index in [0.717, 1.165) is 12.1 Å². The Morgan fingerprint density at radius 3 is 2.23 bits per heavy atom. The number of ether oxygens (including phenoxy) is 3. The largest absolute Gasteiger partial charge is 0.493 e. The molecule has 10 nitrogen and oxygen atoms in total. The van der Waals surface area contributed by atoms with Crippen molar-refractivity contribution in [2.75, 3.05) is 65.0 Å². The molecule has 2 aliphatic heterocycles. The molecule has 2 aromatic rings. The van der Waals surface area contributed by atoms with Gasteiger partial charge < -0.3 is 29.7 Å². The Balaban J connectivity index is 1.37. The van der Waals surface area contributed by atoms with Crippen LogP contribution in [0.4, 0.5) is 5.69 Å². The fourth-order valence-electron chi connectivity index (χ4n) is 4.45. The monoisotopic (exact) mass is 482 g/mol. The molecule has 2 N–H and O–H groups in total. The third-order valence-corrected chi connectivity index (χ3v) is 6.27.